The molecule has 0 saturated heterocycles. The van der Waals surface area contributed by atoms with Crippen molar-refractivity contribution in [3.8, 4) is 0 Å². The lowest BCUT2D eigenvalue weighted by atomic mass is 9.96. The van der Waals surface area contributed by atoms with Gasteiger partial charge in [-0.1, -0.05) is 25.5 Å². The van der Waals surface area contributed by atoms with Crippen molar-refractivity contribution in [1.29, 1.82) is 0 Å². The van der Waals surface area contributed by atoms with E-state index in [-0.39, 0.29) is 0 Å². The number of unbranched alkanes of at least 4 members (excludes halogenated alkanes) is 1. The van der Waals surface area contributed by atoms with Crippen LogP contribution >= 0.6 is 0 Å². The highest BCUT2D eigenvalue weighted by atomic mass is 15.2. The summed E-state index contributed by atoms with van der Waals surface area (Å²) in [6, 6.07) is 9.02. The molecule has 2 aromatic heterocycles. The van der Waals surface area contributed by atoms with Crippen LogP contribution in [0.5, 0.6) is 0 Å². The van der Waals surface area contributed by atoms with Crippen LogP contribution in [0.15, 0.2) is 24.3 Å². The van der Waals surface area contributed by atoms with Crippen LogP contribution < -0.4 is 4.90 Å². The highest BCUT2D eigenvalue weighted by Gasteiger charge is 2.18. The second-order valence-electron chi connectivity index (χ2n) is 7.47. The highest BCUT2D eigenvalue weighted by molar-refractivity contribution is 5.57. The quantitative estimate of drug-likeness (QED) is 0.754. The molecule has 0 N–H and O–H groups in total. The first-order valence-electron chi connectivity index (χ1n) is 10.1. The predicted octanol–water partition coefficient (Wildman–Crippen LogP) is 5.17. The van der Waals surface area contributed by atoms with E-state index >= 15 is 0 Å². The molecule has 2 aliphatic rings. The van der Waals surface area contributed by atoms with E-state index in [4.69, 9.17) is 9.97 Å². The zero-order chi connectivity index (χ0) is 17.1. The number of hydrogen-bond acceptors (Lipinski definition) is 3. The molecule has 2 aliphatic carbocycles. The van der Waals surface area contributed by atoms with Crippen molar-refractivity contribution < 1.29 is 0 Å². The summed E-state index contributed by atoms with van der Waals surface area (Å²) < 4.78 is 0. The van der Waals surface area contributed by atoms with Gasteiger partial charge in [0.25, 0.3) is 0 Å². The number of pyridine rings is 2. The third-order valence-corrected chi connectivity index (χ3v) is 5.62. The summed E-state index contributed by atoms with van der Waals surface area (Å²) in [5.74, 6) is 2.16. The Balaban J connectivity index is 1.68. The van der Waals surface area contributed by atoms with Gasteiger partial charge in [0, 0.05) is 17.9 Å². The van der Waals surface area contributed by atoms with Crippen LogP contribution in [0, 0.1) is 0 Å². The zero-order valence-electron chi connectivity index (χ0n) is 15.4. The lowest BCUT2D eigenvalue weighted by Gasteiger charge is -2.26. The average Bonchev–Trinajstić information content (AvgIpc) is 2.68. The van der Waals surface area contributed by atoms with Gasteiger partial charge in [0.2, 0.25) is 0 Å². The summed E-state index contributed by atoms with van der Waals surface area (Å²) in [7, 11) is 0. The van der Waals surface area contributed by atoms with Crippen LogP contribution in [0.4, 0.5) is 11.6 Å². The largest absolute Gasteiger partial charge is 0.311 e. The fraction of sp³-hybridized carbons (Fsp3) is 0.545. The third kappa shape index (κ3) is 3.56. The summed E-state index contributed by atoms with van der Waals surface area (Å²) in [6.07, 6.45) is 12.1. The molecular weight excluding hydrogens is 306 g/mol. The molecule has 0 radical (unpaired) electrons. The first kappa shape index (κ1) is 16.6. The molecule has 25 heavy (non-hydrogen) atoms. The van der Waals surface area contributed by atoms with Crippen molar-refractivity contribution in [2.75, 3.05) is 11.4 Å². The van der Waals surface area contributed by atoms with Gasteiger partial charge in [-0.25, -0.2) is 9.97 Å². The van der Waals surface area contributed by atoms with Gasteiger partial charge < -0.3 is 4.90 Å². The lowest BCUT2D eigenvalue weighted by molar-refractivity contribution is 0.661. The van der Waals surface area contributed by atoms with E-state index in [1.165, 1.54) is 67.5 Å². The average molecular weight is 335 g/mol. The molecule has 2 heterocycles. The van der Waals surface area contributed by atoms with Crippen LogP contribution in [0.25, 0.3) is 0 Å². The summed E-state index contributed by atoms with van der Waals surface area (Å²) in [5, 5.41) is 0. The highest BCUT2D eigenvalue weighted by Crippen LogP contribution is 2.29. The topological polar surface area (TPSA) is 29.0 Å². The van der Waals surface area contributed by atoms with Gasteiger partial charge in [0.15, 0.2) is 0 Å². The molecule has 3 nitrogen and oxygen atoms in total. The molecule has 0 atom stereocenters. The standard InChI is InChI=1S/C22H29N3/c1-2-3-16-25(21-14-12-17-8-4-6-10-19(17)23-21)22-15-13-18-9-5-7-11-20(18)24-22/h12-15H,2-11,16H2,1H3. The minimum Gasteiger partial charge on any atom is -0.311 e. The van der Waals surface area contributed by atoms with Crippen molar-refractivity contribution in [1.82, 2.24) is 9.97 Å². The van der Waals surface area contributed by atoms with Crippen LogP contribution in [0.2, 0.25) is 0 Å². The van der Waals surface area contributed by atoms with E-state index in [9.17, 15) is 0 Å². The summed E-state index contributed by atoms with van der Waals surface area (Å²) in [5.41, 5.74) is 5.51. The van der Waals surface area contributed by atoms with Crippen LogP contribution in [0.3, 0.4) is 0 Å². The van der Waals surface area contributed by atoms with E-state index in [0.717, 1.165) is 37.4 Å². The van der Waals surface area contributed by atoms with Crippen molar-refractivity contribution in [3.63, 3.8) is 0 Å². The van der Waals surface area contributed by atoms with Gasteiger partial charge >= 0.3 is 0 Å². The fourth-order valence-electron chi connectivity index (χ4n) is 4.10. The number of aryl methyl sites for hydroxylation is 4. The zero-order valence-corrected chi connectivity index (χ0v) is 15.4. The van der Waals surface area contributed by atoms with Gasteiger partial charge in [-0.05, 0) is 81.0 Å². The van der Waals surface area contributed by atoms with Crippen LogP contribution in [-0.2, 0) is 25.7 Å². The Morgan fingerprint density at radius 3 is 1.80 bits per heavy atom. The Kier molecular flexibility index (Phi) is 5.00. The van der Waals surface area contributed by atoms with E-state index in [1.807, 2.05) is 0 Å². The summed E-state index contributed by atoms with van der Waals surface area (Å²) >= 11 is 0. The molecule has 0 amide bonds. The van der Waals surface area contributed by atoms with Crippen molar-refractivity contribution in [2.24, 2.45) is 0 Å². The van der Waals surface area contributed by atoms with Crippen molar-refractivity contribution >= 4 is 11.6 Å². The predicted molar refractivity (Wildman–Crippen MR) is 104 cm³/mol. The molecule has 0 bridgehead atoms. The Bertz CT molecular complexity index is 679. The molecule has 2 aromatic rings. The molecular formula is C22H29N3. The molecule has 0 aliphatic heterocycles. The molecule has 3 heteroatoms. The Morgan fingerprint density at radius 2 is 1.28 bits per heavy atom. The second-order valence-corrected chi connectivity index (χ2v) is 7.47. The van der Waals surface area contributed by atoms with Crippen LogP contribution in [-0.4, -0.2) is 16.5 Å². The number of hydrogen-bond donors (Lipinski definition) is 0. The van der Waals surface area contributed by atoms with E-state index in [2.05, 4.69) is 36.1 Å². The Labute approximate surface area is 151 Å². The Morgan fingerprint density at radius 1 is 0.760 bits per heavy atom. The fourth-order valence-corrected chi connectivity index (χ4v) is 4.10. The molecule has 0 aromatic carbocycles. The first-order chi connectivity index (χ1) is 12.3. The van der Waals surface area contributed by atoms with Crippen LogP contribution in [0.1, 0.15) is 68.0 Å². The monoisotopic (exact) mass is 335 g/mol. The lowest BCUT2D eigenvalue weighted by Crippen LogP contribution is -2.23. The van der Waals surface area contributed by atoms with Gasteiger partial charge in [-0.3, -0.25) is 0 Å². The smallest absolute Gasteiger partial charge is 0.134 e. The summed E-state index contributed by atoms with van der Waals surface area (Å²) in [6.45, 7) is 3.24. The first-order valence-corrected chi connectivity index (χ1v) is 10.1. The van der Waals surface area contributed by atoms with Gasteiger partial charge in [-0.2, -0.15) is 0 Å². The van der Waals surface area contributed by atoms with E-state index < -0.39 is 0 Å². The molecule has 0 saturated carbocycles. The second kappa shape index (κ2) is 7.55. The minimum atomic E-state index is 0.994. The maximum absolute atomic E-state index is 5.04. The van der Waals surface area contributed by atoms with Gasteiger partial charge in [0.1, 0.15) is 11.6 Å². The Hall–Kier alpha value is -1.90. The number of rotatable bonds is 5. The molecule has 132 valence electrons. The molecule has 0 fully saturated rings. The van der Waals surface area contributed by atoms with E-state index in [0.29, 0.717) is 0 Å². The number of fused-ring (bicyclic) bond motifs is 2. The number of aromatic nitrogens is 2. The van der Waals surface area contributed by atoms with Crippen molar-refractivity contribution in [2.45, 2.75) is 71.1 Å². The molecule has 4 rings (SSSR count). The van der Waals surface area contributed by atoms with Crippen molar-refractivity contribution in [3.05, 3.63) is 46.8 Å². The van der Waals surface area contributed by atoms with E-state index in [1.54, 1.807) is 0 Å². The summed E-state index contributed by atoms with van der Waals surface area (Å²) in [4.78, 5) is 12.4. The maximum Gasteiger partial charge on any atom is 0.134 e. The van der Waals surface area contributed by atoms with Gasteiger partial charge in [-0.15, -0.1) is 0 Å². The minimum absolute atomic E-state index is 0.994. The number of nitrogens with zero attached hydrogens (tertiary/aromatic N) is 3. The molecule has 0 unspecified atom stereocenters. The number of anilines is 2. The SMILES string of the molecule is CCCCN(c1ccc2c(n1)CCCC2)c1ccc2c(n1)CCCC2. The molecule has 0 spiro atoms. The third-order valence-electron chi connectivity index (χ3n) is 5.62. The van der Waals surface area contributed by atoms with Gasteiger partial charge in [0.05, 0.1) is 0 Å². The normalized spacial score (nSPS) is 16.2. The maximum atomic E-state index is 5.04.